The Morgan fingerprint density at radius 3 is 2.44 bits per heavy atom. The van der Waals surface area contributed by atoms with Crippen LogP contribution in [0.4, 0.5) is 22.4 Å². The van der Waals surface area contributed by atoms with Crippen molar-refractivity contribution in [3.8, 4) is 0 Å². The van der Waals surface area contributed by atoms with Gasteiger partial charge in [-0.1, -0.05) is 37.1 Å². The molecule has 15 heteroatoms. The third kappa shape index (κ3) is 7.39. The molecular weight excluding hydrogens is 731 g/mol. The fourth-order valence-corrected chi connectivity index (χ4v) is 9.49. The number of Topliss-reactive ketones (excluding diaryl/α,β-unsaturated/α-hetero) is 1. The maximum absolute atomic E-state index is 14.5. The van der Waals surface area contributed by atoms with Crippen LogP contribution in [-0.4, -0.2) is 65.3 Å². The van der Waals surface area contributed by atoms with Crippen molar-refractivity contribution in [1.82, 2.24) is 14.5 Å². The van der Waals surface area contributed by atoms with Gasteiger partial charge in [0.1, 0.15) is 11.9 Å². The highest BCUT2D eigenvalue weighted by Gasteiger charge is 2.62. The van der Waals surface area contributed by atoms with E-state index in [-0.39, 0.29) is 57.3 Å². The molecule has 0 aromatic heterocycles. The molecule has 0 radical (unpaired) electrons. The molecule has 290 valence electrons. The molecule has 5 atom stereocenters. The van der Waals surface area contributed by atoms with Gasteiger partial charge in [-0.25, -0.2) is 30.8 Å². The minimum Gasteiger partial charge on any atom is -0.444 e. The van der Waals surface area contributed by atoms with Crippen LogP contribution in [0.5, 0.6) is 0 Å². The molecule has 3 aliphatic heterocycles. The number of halogens is 4. The second-order valence-electron chi connectivity index (χ2n) is 15.8. The molecule has 2 saturated carbocycles. The number of benzene rings is 2. The Kier molecular flexibility index (Phi) is 10.2. The number of carbonyl (C=O) groups is 4. The minimum atomic E-state index is -4.02. The van der Waals surface area contributed by atoms with Crippen LogP contribution >= 0.6 is 0 Å². The lowest BCUT2D eigenvalue weighted by atomic mass is 9.90. The molecule has 1 N–H and O–H groups in total. The number of rotatable bonds is 6. The summed E-state index contributed by atoms with van der Waals surface area (Å²) < 4.78 is 90.0. The topological polar surface area (TPSA) is 130 Å². The van der Waals surface area contributed by atoms with Crippen molar-refractivity contribution in [2.24, 2.45) is 17.3 Å². The van der Waals surface area contributed by atoms with Crippen LogP contribution in [0.3, 0.4) is 0 Å². The first-order valence-corrected chi connectivity index (χ1v) is 20.0. The van der Waals surface area contributed by atoms with E-state index in [1.54, 1.807) is 19.1 Å². The van der Waals surface area contributed by atoms with Gasteiger partial charge in [0.05, 0.1) is 29.3 Å². The van der Waals surface area contributed by atoms with Gasteiger partial charge < -0.3 is 9.64 Å². The van der Waals surface area contributed by atoms with E-state index in [9.17, 15) is 45.2 Å². The van der Waals surface area contributed by atoms with Crippen LogP contribution in [0.15, 0.2) is 42.5 Å². The van der Waals surface area contributed by atoms with Gasteiger partial charge in [-0.15, -0.1) is 0 Å². The number of fused-ring (bicyclic) bond motifs is 3. The Labute approximate surface area is 311 Å². The van der Waals surface area contributed by atoms with Gasteiger partial charge in [-0.2, -0.15) is 0 Å². The number of nitrogens with zero attached hydrogens (tertiary/aromatic N) is 2. The summed E-state index contributed by atoms with van der Waals surface area (Å²) in [6, 6.07) is 5.05. The molecule has 54 heavy (non-hydrogen) atoms. The summed E-state index contributed by atoms with van der Waals surface area (Å²) in [5.74, 6) is -8.01. The normalized spacial score (nSPS) is 28.6. The quantitative estimate of drug-likeness (QED) is 0.216. The Balaban J connectivity index is 1.16. The lowest BCUT2D eigenvalue weighted by Gasteiger charge is -2.29. The molecule has 7 rings (SSSR count). The standard InChI is InChI=1S/C39H43F4N3O7S/c1-38(12-13-38)54(51,52)44-36(49)39-18-26(39)10-6-4-2-3-5-8-24(14-23-15-30(41)34(43)31(42)16-23)35(48)46-21-27(17-32(46)33(47)19-39)53-37(50)45-20-25-9-7-11-29(40)28(25)22-45/h6-7,9-11,15-16,24,26-27,32H,2-5,8,12-14,17-22H2,1H3,(H,44,49)/b10-6-/t24-,26+,27-,32+,39-/m1/s1. The summed E-state index contributed by atoms with van der Waals surface area (Å²) in [5.41, 5.74) is -0.325. The molecule has 0 spiro atoms. The highest BCUT2D eigenvalue weighted by Crippen LogP contribution is 2.57. The lowest BCUT2D eigenvalue weighted by Crippen LogP contribution is -2.47. The molecular formula is C39H43F4N3O7S. The van der Waals surface area contributed by atoms with Crippen LogP contribution in [0.25, 0.3) is 0 Å². The van der Waals surface area contributed by atoms with Gasteiger partial charge in [-0.3, -0.25) is 24.0 Å². The number of amides is 3. The van der Waals surface area contributed by atoms with Gasteiger partial charge in [0.15, 0.2) is 23.2 Å². The molecule has 2 aliphatic carbocycles. The molecule has 3 amide bonds. The lowest BCUT2D eigenvalue weighted by molar-refractivity contribution is -0.142. The Hall–Kier alpha value is -4.27. The van der Waals surface area contributed by atoms with Crippen LogP contribution in [0, 0.1) is 40.5 Å². The number of ether oxygens (including phenoxy) is 1. The third-order valence-corrected chi connectivity index (χ3v) is 14.1. The summed E-state index contributed by atoms with van der Waals surface area (Å²) >= 11 is 0. The summed E-state index contributed by atoms with van der Waals surface area (Å²) in [6.07, 6.45) is 5.29. The van der Waals surface area contributed by atoms with Crippen molar-refractivity contribution in [1.29, 1.82) is 0 Å². The predicted octanol–water partition coefficient (Wildman–Crippen LogP) is 6.01. The summed E-state index contributed by atoms with van der Waals surface area (Å²) in [4.78, 5) is 58.7. The number of nitrogens with one attached hydrogen (secondary N) is 1. The van der Waals surface area contributed by atoms with E-state index < -0.39 is 91.1 Å². The molecule has 3 fully saturated rings. The Bertz CT molecular complexity index is 2000. The highest BCUT2D eigenvalue weighted by atomic mass is 32.2. The first kappa shape index (κ1) is 38.0. The first-order valence-electron chi connectivity index (χ1n) is 18.5. The Morgan fingerprint density at radius 1 is 1.00 bits per heavy atom. The van der Waals surface area contributed by atoms with E-state index in [0.717, 1.165) is 18.6 Å². The number of hydrogen-bond acceptors (Lipinski definition) is 7. The molecule has 5 aliphatic rings. The average Bonchev–Trinajstić information content (AvgIpc) is 3.91. The summed E-state index contributed by atoms with van der Waals surface area (Å²) in [7, 11) is -4.02. The van der Waals surface area contributed by atoms with Crippen molar-refractivity contribution >= 4 is 33.7 Å². The zero-order chi connectivity index (χ0) is 38.6. The fourth-order valence-electron chi connectivity index (χ4n) is 8.16. The maximum Gasteiger partial charge on any atom is 0.410 e. The van der Waals surface area contributed by atoms with E-state index in [2.05, 4.69) is 4.72 Å². The molecule has 10 nitrogen and oxygen atoms in total. The van der Waals surface area contributed by atoms with Crippen LogP contribution < -0.4 is 4.72 Å². The van der Waals surface area contributed by atoms with E-state index in [0.29, 0.717) is 43.2 Å². The molecule has 2 aromatic carbocycles. The largest absolute Gasteiger partial charge is 0.444 e. The summed E-state index contributed by atoms with van der Waals surface area (Å²) in [5, 5.41) is 0. The van der Waals surface area contributed by atoms with Crippen molar-refractivity contribution < 1.29 is 49.9 Å². The minimum absolute atomic E-state index is 0.0279. The number of sulfonamides is 1. The van der Waals surface area contributed by atoms with Crippen molar-refractivity contribution in [2.45, 2.75) is 108 Å². The number of carbonyl (C=O) groups excluding carboxylic acids is 4. The number of hydrogen-bond donors (Lipinski definition) is 1. The smallest absolute Gasteiger partial charge is 0.410 e. The number of ketones is 1. The fraction of sp³-hybridized carbons (Fsp3) is 0.538. The van der Waals surface area contributed by atoms with Crippen molar-refractivity contribution in [2.75, 3.05) is 6.54 Å². The van der Waals surface area contributed by atoms with Gasteiger partial charge in [0, 0.05) is 30.9 Å². The molecule has 0 bridgehead atoms. The van der Waals surface area contributed by atoms with Gasteiger partial charge >= 0.3 is 6.09 Å². The molecule has 3 heterocycles. The second kappa shape index (κ2) is 14.4. The SMILES string of the molecule is CC1(S(=O)(=O)NC(=O)[C@]23CC(=O)[C@@H]4C[C@@H](OC(=O)N5Cc6cccc(F)c6C5)CN4C(=O)[C@@H](Cc4cc(F)c(F)c(F)c4)CCCCC/C=C\[C@H]2C3)CC1. The molecule has 2 aromatic rings. The average molecular weight is 774 g/mol. The maximum atomic E-state index is 14.5. The van der Waals surface area contributed by atoms with Crippen LogP contribution in [-0.2, 0) is 48.7 Å². The first-order chi connectivity index (χ1) is 25.6. The monoisotopic (exact) mass is 773 g/mol. The Morgan fingerprint density at radius 2 is 1.74 bits per heavy atom. The van der Waals surface area contributed by atoms with Gasteiger partial charge in [0.2, 0.25) is 21.8 Å². The second-order valence-corrected chi connectivity index (χ2v) is 18.0. The third-order valence-electron chi connectivity index (χ3n) is 11.9. The van der Waals surface area contributed by atoms with Crippen molar-refractivity contribution in [3.63, 3.8) is 0 Å². The van der Waals surface area contributed by atoms with Crippen molar-refractivity contribution in [3.05, 3.63) is 82.4 Å². The zero-order valence-electron chi connectivity index (χ0n) is 29.9. The zero-order valence-corrected chi connectivity index (χ0v) is 30.7. The van der Waals surface area contributed by atoms with E-state index in [1.807, 2.05) is 12.2 Å². The summed E-state index contributed by atoms with van der Waals surface area (Å²) in [6.45, 7) is 1.43. The molecule has 0 unspecified atom stereocenters. The van der Waals surface area contributed by atoms with Crippen LogP contribution in [0.1, 0.15) is 87.8 Å². The van der Waals surface area contributed by atoms with E-state index in [4.69, 9.17) is 4.74 Å². The predicted molar refractivity (Wildman–Crippen MR) is 187 cm³/mol. The number of allylic oxidation sites excluding steroid dienone is 2. The molecule has 1 saturated heterocycles. The highest BCUT2D eigenvalue weighted by molar-refractivity contribution is 7.91. The van der Waals surface area contributed by atoms with Gasteiger partial charge in [-0.05, 0) is 87.1 Å². The van der Waals surface area contributed by atoms with Crippen LogP contribution in [0.2, 0.25) is 0 Å². The van der Waals surface area contributed by atoms with Gasteiger partial charge in [0.25, 0.3) is 0 Å². The van der Waals surface area contributed by atoms with E-state index in [1.165, 1.54) is 15.9 Å². The van der Waals surface area contributed by atoms with E-state index >= 15 is 0 Å².